The maximum atomic E-state index is 2.66. The summed E-state index contributed by atoms with van der Waals surface area (Å²) in [6.07, 6.45) is 5.83. The van der Waals surface area contributed by atoms with Gasteiger partial charge in [0.25, 0.3) is 6.71 Å². The highest BCUT2D eigenvalue weighted by Gasteiger charge is 2.46. The smallest absolute Gasteiger partial charge is 0.252 e. The van der Waals surface area contributed by atoms with Crippen molar-refractivity contribution in [3.8, 4) is 61.3 Å². The molecule has 0 radical (unpaired) electrons. The van der Waals surface area contributed by atoms with Crippen molar-refractivity contribution in [1.29, 1.82) is 0 Å². The summed E-state index contributed by atoms with van der Waals surface area (Å²) in [5, 5.41) is 6.38. The second-order valence-corrected chi connectivity index (χ2v) is 24.7. The molecule has 0 bridgehead atoms. The van der Waals surface area contributed by atoms with Crippen LogP contribution in [0.15, 0.2) is 297 Å². The predicted molar refractivity (Wildman–Crippen MR) is 375 cm³/mol. The lowest BCUT2D eigenvalue weighted by molar-refractivity contribution is 0.820. The molecule has 20 rings (SSSR count). The summed E-state index contributed by atoms with van der Waals surface area (Å²) in [5.41, 5.74) is 32.8. The molecular weight excluding hydrogens is 1080 g/mol. The minimum absolute atomic E-state index is 0.178. The highest BCUT2D eigenvalue weighted by atomic mass is 15.2. The molecule has 13 aromatic carbocycles. The molecular formula is C84H53BN4. The topological polar surface area (TPSA) is 15.8 Å². The van der Waals surface area contributed by atoms with Crippen LogP contribution in [0.2, 0.25) is 0 Å². The lowest BCUT2D eigenvalue weighted by atomic mass is 9.33. The first-order chi connectivity index (χ1) is 44.1. The van der Waals surface area contributed by atoms with Crippen LogP contribution in [0.25, 0.3) is 116 Å². The Kier molecular flexibility index (Phi) is 10.2. The largest absolute Gasteiger partial charge is 0.312 e. The zero-order valence-electron chi connectivity index (χ0n) is 48.5. The number of aromatic nitrogens is 2. The van der Waals surface area contributed by atoms with Crippen molar-refractivity contribution in [2.75, 3.05) is 9.80 Å². The van der Waals surface area contributed by atoms with E-state index in [0.717, 1.165) is 62.6 Å². The summed E-state index contributed by atoms with van der Waals surface area (Å²) in [7, 11) is 0. The Morgan fingerprint density at radius 1 is 0.315 bits per heavy atom. The van der Waals surface area contributed by atoms with Gasteiger partial charge >= 0.3 is 0 Å². The zero-order valence-corrected chi connectivity index (χ0v) is 48.5. The second-order valence-electron chi connectivity index (χ2n) is 24.7. The van der Waals surface area contributed by atoms with Crippen molar-refractivity contribution in [1.82, 2.24) is 8.97 Å². The maximum Gasteiger partial charge on any atom is 0.252 e. The zero-order chi connectivity index (χ0) is 58.0. The Morgan fingerprint density at radius 3 is 1.31 bits per heavy atom. The number of nitrogens with zero attached hydrogens (tertiary/aromatic N) is 4. The summed E-state index contributed by atoms with van der Waals surface area (Å²) in [5.74, 6) is 0.288. The number of allylic oxidation sites excluding steroid dienone is 1. The Hall–Kier alpha value is -11.4. The van der Waals surface area contributed by atoms with E-state index < -0.39 is 0 Å². The minimum atomic E-state index is -0.178. The minimum Gasteiger partial charge on any atom is -0.312 e. The van der Waals surface area contributed by atoms with Gasteiger partial charge in [0.2, 0.25) is 0 Å². The number of hydrogen-bond acceptors (Lipinski definition) is 2. The SMILES string of the molecule is C1=Cc2c3n(c4cc5c(cc24)B2c4cc6c7cccc8c9ccccc9n(c6cc4N(c4cc(-c6ccccc6)cc(-c6ccccc6)c4)c4cc(-c6ccccc6)cc(c42)N5c2cc(-c4ccccc4)cc(-c4ccccc4)c2)c87)-c2ccccc2C3C1. The van der Waals surface area contributed by atoms with Gasteiger partial charge in [0.1, 0.15) is 0 Å². The molecule has 0 spiro atoms. The van der Waals surface area contributed by atoms with Gasteiger partial charge in [-0.2, -0.15) is 0 Å². The standard InChI is InChI=1S/C84H53BN4/c1-6-22-52(23-7-1)57-40-58(53-24-8-2-9-25-53)43-62(42-57)86-78-50-76-70(68-36-20-34-66-64-32-16-18-38-74(64)88(76)83(66)68)48-72(78)85-73-49-71-69-37-21-35-67-65-33-17-19-39-75(65)89(84(67)69)77(71)51-79(73)87(81-47-61(46-80(86)82(81)85)56-30-14-5-15-31-56)63-44-59(54-26-10-3-11-27-54)41-60(45-63)55-28-12-4-13-29-55/h1-34,36-51,67H,35H2. The number of anilines is 6. The maximum absolute atomic E-state index is 2.66. The van der Waals surface area contributed by atoms with Gasteiger partial charge in [-0.25, -0.2) is 0 Å². The monoisotopic (exact) mass is 1130 g/mol. The molecule has 0 saturated heterocycles. The van der Waals surface area contributed by atoms with E-state index in [1.165, 1.54) is 122 Å². The van der Waals surface area contributed by atoms with E-state index in [9.17, 15) is 0 Å². The molecule has 3 aromatic heterocycles. The van der Waals surface area contributed by atoms with Crippen molar-refractivity contribution in [2.45, 2.75) is 12.3 Å². The van der Waals surface area contributed by atoms with Gasteiger partial charge in [-0.05, 0) is 157 Å². The van der Waals surface area contributed by atoms with E-state index in [4.69, 9.17) is 0 Å². The lowest BCUT2D eigenvalue weighted by Crippen LogP contribution is -2.61. The van der Waals surface area contributed by atoms with Gasteiger partial charge in [-0.15, -0.1) is 0 Å². The van der Waals surface area contributed by atoms with Crippen LogP contribution in [0.5, 0.6) is 0 Å². The van der Waals surface area contributed by atoms with Crippen molar-refractivity contribution in [3.63, 3.8) is 0 Å². The molecule has 4 nitrogen and oxygen atoms in total. The van der Waals surface area contributed by atoms with Gasteiger partial charge in [0.15, 0.2) is 0 Å². The van der Waals surface area contributed by atoms with Gasteiger partial charge < -0.3 is 18.8 Å². The Morgan fingerprint density at radius 2 is 0.764 bits per heavy atom. The fraction of sp³-hybridized carbons (Fsp3) is 0.0238. The highest BCUT2D eigenvalue weighted by Crippen LogP contribution is 2.54. The van der Waals surface area contributed by atoms with Crippen LogP contribution in [0.3, 0.4) is 0 Å². The Labute approximate surface area is 515 Å². The Balaban J connectivity index is 0.965. The van der Waals surface area contributed by atoms with Crippen LogP contribution in [-0.4, -0.2) is 15.7 Å². The van der Waals surface area contributed by atoms with Gasteiger partial charge in [-0.3, -0.25) is 0 Å². The molecule has 3 aliphatic heterocycles. The first-order valence-electron chi connectivity index (χ1n) is 31.2. The lowest BCUT2D eigenvalue weighted by Gasteiger charge is -2.45. The molecule has 6 heterocycles. The quantitative estimate of drug-likeness (QED) is 0.148. The van der Waals surface area contributed by atoms with E-state index in [1.54, 1.807) is 0 Å². The Bertz CT molecular complexity index is 5530. The molecule has 0 saturated carbocycles. The molecule has 16 aromatic rings. The molecule has 1 unspecified atom stereocenters. The molecule has 0 N–H and O–H groups in total. The predicted octanol–water partition coefficient (Wildman–Crippen LogP) is 20.1. The van der Waals surface area contributed by atoms with Crippen molar-refractivity contribution >= 4 is 112 Å². The van der Waals surface area contributed by atoms with Gasteiger partial charge in [-0.1, -0.05) is 231 Å². The fourth-order valence-corrected chi connectivity index (χ4v) is 16.2. The number of rotatable bonds is 7. The van der Waals surface area contributed by atoms with Crippen molar-refractivity contribution in [3.05, 3.63) is 314 Å². The number of hydrogen-bond donors (Lipinski definition) is 0. The summed E-state index contributed by atoms with van der Waals surface area (Å²) in [6, 6.07) is 110. The molecule has 4 aliphatic rings. The first kappa shape index (κ1) is 48.8. The van der Waals surface area contributed by atoms with E-state index in [0.29, 0.717) is 0 Å². The normalized spacial score (nSPS) is 14.2. The van der Waals surface area contributed by atoms with Crippen molar-refractivity contribution in [2.24, 2.45) is 0 Å². The molecule has 89 heavy (non-hydrogen) atoms. The molecule has 5 heteroatoms. The third kappa shape index (κ3) is 7.01. The highest BCUT2D eigenvalue weighted by molar-refractivity contribution is 7.00. The second kappa shape index (κ2) is 18.6. The van der Waals surface area contributed by atoms with Crippen LogP contribution in [0.1, 0.15) is 29.2 Å². The van der Waals surface area contributed by atoms with E-state index >= 15 is 0 Å². The van der Waals surface area contributed by atoms with E-state index in [2.05, 4.69) is 322 Å². The average molecular weight is 1130 g/mol. The van der Waals surface area contributed by atoms with Crippen LogP contribution in [0, 0.1) is 0 Å². The fourth-order valence-electron chi connectivity index (χ4n) is 16.2. The van der Waals surface area contributed by atoms with Crippen LogP contribution < -0.4 is 26.2 Å². The summed E-state index contributed by atoms with van der Waals surface area (Å²) in [6.45, 7) is -0.178. The third-order valence-electron chi connectivity index (χ3n) is 20.0. The molecule has 1 aliphatic carbocycles. The van der Waals surface area contributed by atoms with Crippen LogP contribution >= 0.6 is 0 Å². The number of fused-ring (bicyclic) bond motifs is 16. The van der Waals surface area contributed by atoms with Crippen LogP contribution in [-0.2, 0) is 0 Å². The molecule has 412 valence electrons. The number of benzene rings is 13. The molecule has 0 amide bonds. The summed E-state index contributed by atoms with van der Waals surface area (Å²) >= 11 is 0. The molecule has 1 atom stereocenters. The molecule has 0 fully saturated rings. The van der Waals surface area contributed by atoms with E-state index in [-0.39, 0.29) is 12.6 Å². The van der Waals surface area contributed by atoms with Gasteiger partial charge in [0.05, 0.1) is 22.1 Å². The van der Waals surface area contributed by atoms with E-state index in [1.807, 2.05) is 0 Å². The number of para-hydroxylation sites is 3. The van der Waals surface area contributed by atoms with Gasteiger partial charge in [0, 0.05) is 83.9 Å². The van der Waals surface area contributed by atoms with Crippen LogP contribution in [0.4, 0.5) is 34.1 Å². The summed E-state index contributed by atoms with van der Waals surface area (Å²) in [4.78, 5) is 5.31. The average Bonchev–Trinajstić information content (AvgIpc) is 1.69. The third-order valence-corrected chi connectivity index (χ3v) is 20.0. The first-order valence-corrected chi connectivity index (χ1v) is 31.2. The summed E-state index contributed by atoms with van der Waals surface area (Å²) < 4.78 is 5.18. The van der Waals surface area contributed by atoms with Crippen molar-refractivity contribution < 1.29 is 0 Å².